The Morgan fingerprint density at radius 3 is 2.74 bits per heavy atom. The first kappa shape index (κ1) is 13.9. The lowest BCUT2D eigenvalue weighted by molar-refractivity contribution is 0.689. The van der Waals surface area contributed by atoms with E-state index in [9.17, 15) is 0 Å². The maximum Gasteiger partial charge on any atom is 0.103 e. The molecule has 4 heteroatoms. The summed E-state index contributed by atoms with van der Waals surface area (Å²) in [5.74, 6) is 1.13. The van der Waals surface area contributed by atoms with Gasteiger partial charge in [-0.1, -0.05) is 19.8 Å². The largest absolute Gasteiger partial charge is 0.309 e. The van der Waals surface area contributed by atoms with Crippen molar-refractivity contribution in [1.82, 2.24) is 10.3 Å². The zero-order valence-electron chi connectivity index (χ0n) is 11.8. The fraction of sp³-hybridized carbons (Fsp3) is 0.800. The van der Waals surface area contributed by atoms with Crippen molar-refractivity contribution in [3.05, 3.63) is 15.6 Å². The van der Waals surface area contributed by atoms with Crippen molar-refractivity contribution in [2.24, 2.45) is 0 Å². The Labute approximate surface area is 124 Å². The second kappa shape index (κ2) is 6.59. The van der Waals surface area contributed by atoms with Crippen LogP contribution in [0.4, 0.5) is 0 Å². The van der Waals surface area contributed by atoms with Crippen molar-refractivity contribution in [2.45, 2.75) is 75.5 Å². The minimum Gasteiger partial charge on any atom is -0.309 e. The van der Waals surface area contributed by atoms with Gasteiger partial charge in [-0.15, -0.1) is 11.3 Å². The second-order valence-electron chi connectivity index (χ2n) is 5.70. The molecular formula is C15H24N2S2. The van der Waals surface area contributed by atoms with Crippen LogP contribution in [0.15, 0.2) is 0 Å². The third kappa shape index (κ3) is 3.96. The van der Waals surface area contributed by atoms with E-state index in [1.165, 1.54) is 54.1 Å². The van der Waals surface area contributed by atoms with Crippen LogP contribution in [0.5, 0.6) is 0 Å². The Balaban J connectivity index is 1.54. The SMILES string of the molecule is CCc1nc(CSC2CCCC2)sc1CNC1CC1. The van der Waals surface area contributed by atoms with Crippen molar-refractivity contribution >= 4 is 23.1 Å². The third-order valence-electron chi connectivity index (χ3n) is 4.03. The summed E-state index contributed by atoms with van der Waals surface area (Å²) in [5.41, 5.74) is 1.33. The van der Waals surface area contributed by atoms with Crippen LogP contribution < -0.4 is 5.32 Å². The highest BCUT2D eigenvalue weighted by Crippen LogP contribution is 2.33. The van der Waals surface area contributed by atoms with Gasteiger partial charge in [-0.05, 0) is 32.1 Å². The smallest absolute Gasteiger partial charge is 0.103 e. The number of rotatable bonds is 7. The minimum absolute atomic E-state index is 0.795. The van der Waals surface area contributed by atoms with E-state index in [1.54, 1.807) is 0 Å². The fourth-order valence-corrected chi connectivity index (χ4v) is 5.13. The predicted octanol–water partition coefficient (Wildman–Crippen LogP) is 4.13. The molecule has 19 heavy (non-hydrogen) atoms. The Morgan fingerprint density at radius 1 is 1.26 bits per heavy atom. The van der Waals surface area contributed by atoms with Gasteiger partial charge in [0, 0.05) is 28.5 Å². The van der Waals surface area contributed by atoms with Crippen LogP contribution >= 0.6 is 23.1 Å². The van der Waals surface area contributed by atoms with E-state index >= 15 is 0 Å². The number of aromatic nitrogens is 1. The van der Waals surface area contributed by atoms with Gasteiger partial charge in [0.15, 0.2) is 0 Å². The van der Waals surface area contributed by atoms with Crippen molar-refractivity contribution < 1.29 is 0 Å². The number of nitrogens with one attached hydrogen (secondary N) is 1. The number of thioether (sulfide) groups is 1. The normalized spacial score (nSPS) is 20.3. The van der Waals surface area contributed by atoms with E-state index in [-0.39, 0.29) is 0 Å². The van der Waals surface area contributed by atoms with E-state index < -0.39 is 0 Å². The number of thiazole rings is 1. The van der Waals surface area contributed by atoms with Gasteiger partial charge in [0.25, 0.3) is 0 Å². The maximum absolute atomic E-state index is 4.85. The average Bonchev–Trinajstić information content (AvgIpc) is 2.96. The van der Waals surface area contributed by atoms with E-state index in [2.05, 4.69) is 24.0 Å². The molecule has 0 aromatic carbocycles. The molecule has 1 N–H and O–H groups in total. The number of nitrogens with zero attached hydrogens (tertiary/aromatic N) is 1. The second-order valence-corrected chi connectivity index (χ2v) is 8.16. The summed E-state index contributed by atoms with van der Waals surface area (Å²) >= 11 is 4.08. The monoisotopic (exact) mass is 296 g/mol. The molecule has 0 amide bonds. The quantitative estimate of drug-likeness (QED) is 0.819. The molecule has 1 aromatic heterocycles. The van der Waals surface area contributed by atoms with Gasteiger partial charge >= 0.3 is 0 Å². The molecular weight excluding hydrogens is 272 g/mol. The van der Waals surface area contributed by atoms with E-state index in [0.29, 0.717) is 0 Å². The molecule has 0 aliphatic heterocycles. The summed E-state index contributed by atoms with van der Waals surface area (Å²) in [4.78, 5) is 6.33. The first-order chi connectivity index (χ1) is 9.35. The molecule has 2 aliphatic rings. The van der Waals surface area contributed by atoms with Gasteiger partial charge < -0.3 is 5.32 Å². The molecule has 0 atom stereocenters. The average molecular weight is 297 g/mol. The van der Waals surface area contributed by atoms with Crippen molar-refractivity contribution in [1.29, 1.82) is 0 Å². The summed E-state index contributed by atoms with van der Waals surface area (Å²) in [5, 5.41) is 5.87. The van der Waals surface area contributed by atoms with Gasteiger partial charge in [-0.25, -0.2) is 4.98 Å². The van der Waals surface area contributed by atoms with Crippen LogP contribution in [-0.4, -0.2) is 16.3 Å². The lowest BCUT2D eigenvalue weighted by Gasteiger charge is -2.05. The number of hydrogen-bond acceptors (Lipinski definition) is 4. The Bertz CT molecular complexity index is 406. The molecule has 1 aromatic rings. The van der Waals surface area contributed by atoms with Crippen LogP contribution in [0.25, 0.3) is 0 Å². The van der Waals surface area contributed by atoms with Crippen LogP contribution in [0.3, 0.4) is 0 Å². The summed E-state index contributed by atoms with van der Waals surface area (Å²) in [6.07, 6.45) is 9.53. The van der Waals surface area contributed by atoms with Gasteiger partial charge in [-0.2, -0.15) is 11.8 Å². The topological polar surface area (TPSA) is 24.9 Å². The Hall–Kier alpha value is -0.0600. The van der Waals surface area contributed by atoms with Crippen molar-refractivity contribution in [3.8, 4) is 0 Å². The molecule has 0 unspecified atom stereocenters. The summed E-state index contributed by atoms with van der Waals surface area (Å²) in [6, 6.07) is 0.795. The first-order valence-corrected chi connectivity index (χ1v) is 9.54. The maximum atomic E-state index is 4.85. The van der Waals surface area contributed by atoms with Crippen molar-refractivity contribution in [3.63, 3.8) is 0 Å². The molecule has 0 spiro atoms. The molecule has 2 saturated carbocycles. The highest BCUT2D eigenvalue weighted by Gasteiger charge is 2.21. The zero-order valence-corrected chi connectivity index (χ0v) is 13.4. The van der Waals surface area contributed by atoms with Crippen LogP contribution in [0.1, 0.15) is 61.0 Å². The molecule has 0 bridgehead atoms. The molecule has 0 radical (unpaired) electrons. The molecule has 2 aliphatic carbocycles. The molecule has 106 valence electrons. The molecule has 3 rings (SSSR count). The highest BCUT2D eigenvalue weighted by molar-refractivity contribution is 7.99. The lowest BCUT2D eigenvalue weighted by Crippen LogP contribution is -2.15. The van der Waals surface area contributed by atoms with E-state index in [1.807, 2.05) is 11.3 Å². The Morgan fingerprint density at radius 2 is 2.05 bits per heavy atom. The van der Waals surface area contributed by atoms with Crippen LogP contribution in [0.2, 0.25) is 0 Å². The first-order valence-electron chi connectivity index (χ1n) is 7.67. The molecule has 0 saturated heterocycles. The molecule has 1 heterocycles. The fourth-order valence-electron chi connectivity index (χ4n) is 2.68. The number of aryl methyl sites for hydroxylation is 1. The standard InChI is InChI=1S/C15H24N2S2/c1-2-13-14(9-16-11-7-8-11)19-15(17-13)10-18-12-5-3-4-6-12/h11-12,16H,2-10H2,1H3. The predicted molar refractivity (Wildman–Crippen MR) is 84.9 cm³/mol. The van der Waals surface area contributed by atoms with Gasteiger partial charge in [0.05, 0.1) is 5.69 Å². The van der Waals surface area contributed by atoms with Crippen LogP contribution in [-0.2, 0) is 18.7 Å². The summed E-state index contributed by atoms with van der Waals surface area (Å²) in [6.45, 7) is 3.27. The van der Waals surface area contributed by atoms with Gasteiger partial charge in [0.1, 0.15) is 5.01 Å². The van der Waals surface area contributed by atoms with E-state index in [0.717, 1.165) is 30.0 Å². The lowest BCUT2D eigenvalue weighted by atomic mass is 10.3. The Kier molecular flexibility index (Phi) is 4.83. The molecule has 2 nitrogen and oxygen atoms in total. The molecule has 2 fully saturated rings. The van der Waals surface area contributed by atoms with E-state index in [4.69, 9.17) is 4.98 Å². The minimum atomic E-state index is 0.795. The summed E-state index contributed by atoms with van der Waals surface area (Å²) < 4.78 is 0. The van der Waals surface area contributed by atoms with Crippen LogP contribution in [0, 0.1) is 0 Å². The number of hydrogen-bond donors (Lipinski definition) is 1. The van der Waals surface area contributed by atoms with Gasteiger partial charge in [0.2, 0.25) is 0 Å². The third-order valence-corrected chi connectivity index (χ3v) is 6.69. The summed E-state index contributed by atoms with van der Waals surface area (Å²) in [7, 11) is 0. The zero-order chi connectivity index (χ0) is 13.1. The van der Waals surface area contributed by atoms with Crippen molar-refractivity contribution in [2.75, 3.05) is 0 Å². The highest BCUT2D eigenvalue weighted by atomic mass is 32.2. The van der Waals surface area contributed by atoms with Gasteiger partial charge in [-0.3, -0.25) is 0 Å².